The van der Waals surface area contributed by atoms with Crippen LogP contribution in [0.3, 0.4) is 0 Å². The number of aliphatic carboxylic acids is 1. The predicted molar refractivity (Wildman–Crippen MR) is 80.7 cm³/mol. The summed E-state index contributed by atoms with van der Waals surface area (Å²) in [5.74, 6) is -1.09. The van der Waals surface area contributed by atoms with Gasteiger partial charge < -0.3 is 15.3 Å². The molecule has 0 aromatic heterocycles. The average Bonchev–Trinajstić information content (AvgIpc) is 2.38. The lowest BCUT2D eigenvalue weighted by Crippen LogP contribution is -2.44. The summed E-state index contributed by atoms with van der Waals surface area (Å²) in [4.78, 5) is 24.4. The van der Waals surface area contributed by atoms with Crippen LogP contribution in [-0.4, -0.2) is 41.1 Å². The molecule has 0 aromatic carbocycles. The first-order valence-corrected chi connectivity index (χ1v) is 7.31. The van der Waals surface area contributed by atoms with E-state index in [9.17, 15) is 9.59 Å². The van der Waals surface area contributed by atoms with Gasteiger partial charge in [0.05, 0.1) is 5.92 Å². The summed E-state index contributed by atoms with van der Waals surface area (Å²) in [6.45, 7) is 10.6. The van der Waals surface area contributed by atoms with Gasteiger partial charge in [-0.05, 0) is 26.2 Å². The van der Waals surface area contributed by atoms with Crippen LogP contribution in [0.4, 0.5) is 4.79 Å². The Balaban J connectivity index is 4.04. The molecule has 0 aliphatic carbocycles. The monoisotopic (exact) mass is 284 g/mol. The molecule has 5 nitrogen and oxygen atoms in total. The number of hydrogen-bond donors (Lipinski definition) is 2. The Labute approximate surface area is 122 Å². The molecule has 0 aliphatic heterocycles. The Bertz CT molecular complexity index is 318. The van der Waals surface area contributed by atoms with Crippen LogP contribution in [0.2, 0.25) is 0 Å². The zero-order valence-corrected chi connectivity index (χ0v) is 12.9. The zero-order chi connectivity index (χ0) is 15.5. The van der Waals surface area contributed by atoms with Gasteiger partial charge in [-0.25, -0.2) is 4.79 Å². The van der Waals surface area contributed by atoms with Crippen LogP contribution in [0, 0.1) is 5.92 Å². The van der Waals surface area contributed by atoms with Gasteiger partial charge in [0.1, 0.15) is 0 Å². The Kier molecular flexibility index (Phi) is 9.51. The lowest BCUT2D eigenvalue weighted by molar-refractivity contribution is -0.141. The fourth-order valence-electron chi connectivity index (χ4n) is 1.93. The molecule has 0 fully saturated rings. The zero-order valence-electron chi connectivity index (χ0n) is 12.9. The summed E-state index contributed by atoms with van der Waals surface area (Å²) in [6, 6.07) is -0.0294. The van der Waals surface area contributed by atoms with Crippen LogP contribution in [0.15, 0.2) is 12.7 Å². The van der Waals surface area contributed by atoms with Crippen molar-refractivity contribution in [2.45, 2.75) is 52.5 Å². The molecule has 0 heterocycles. The summed E-state index contributed by atoms with van der Waals surface area (Å²) >= 11 is 0. The van der Waals surface area contributed by atoms with E-state index in [-0.39, 0.29) is 18.0 Å². The number of amides is 2. The molecule has 0 rings (SSSR count). The molecular weight excluding hydrogens is 256 g/mol. The summed E-state index contributed by atoms with van der Waals surface area (Å²) in [5, 5.41) is 11.7. The van der Waals surface area contributed by atoms with Crippen molar-refractivity contribution in [3.05, 3.63) is 12.7 Å². The first-order valence-electron chi connectivity index (χ1n) is 7.31. The topological polar surface area (TPSA) is 69.6 Å². The van der Waals surface area contributed by atoms with Crippen molar-refractivity contribution in [1.29, 1.82) is 0 Å². The van der Waals surface area contributed by atoms with E-state index >= 15 is 0 Å². The molecule has 0 aliphatic rings. The lowest BCUT2D eigenvalue weighted by Gasteiger charge is -2.23. The highest BCUT2D eigenvalue weighted by Gasteiger charge is 2.15. The molecule has 5 heteroatoms. The summed E-state index contributed by atoms with van der Waals surface area (Å²) in [5.41, 5.74) is 0. The molecular formula is C15H28N2O3. The molecule has 0 saturated heterocycles. The summed E-state index contributed by atoms with van der Waals surface area (Å²) < 4.78 is 0. The van der Waals surface area contributed by atoms with E-state index in [1.807, 2.05) is 13.8 Å². The smallest absolute Gasteiger partial charge is 0.317 e. The van der Waals surface area contributed by atoms with Gasteiger partial charge in [0.15, 0.2) is 0 Å². The lowest BCUT2D eigenvalue weighted by atomic mass is 10.0. The summed E-state index contributed by atoms with van der Waals surface area (Å²) in [7, 11) is 0. The highest BCUT2D eigenvalue weighted by Crippen LogP contribution is 2.09. The SMILES string of the molecule is C=CCN(CCC)C(=O)NC(C)CCCC(C)C(=O)O. The Morgan fingerprint density at radius 2 is 2.00 bits per heavy atom. The highest BCUT2D eigenvalue weighted by molar-refractivity contribution is 5.74. The van der Waals surface area contributed by atoms with Gasteiger partial charge in [-0.2, -0.15) is 0 Å². The molecule has 0 radical (unpaired) electrons. The molecule has 2 amide bonds. The van der Waals surface area contributed by atoms with E-state index in [1.165, 1.54) is 0 Å². The van der Waals surface area contributed by atoms with Crippen LogP contribution in [-0.2, 0) is 4.79 Å². The molecule has 0 aromatic rings. The maximum atomic E-state index is 12.0. The van der Waals surface area contributed by atoms with E-state index in [1.54, 1.807) is 17.9 Å². The number of carbonyl (C=O) groups excluding carboxylic acids is 1. The van der Waals surface area contributed by atoms with Gasteiger partial charge >= 0.3 is 12.0 Å². The fourth-order valence-corrected chi connectivity index (χ4v) is 1.93. The normalized spacial score (nSPS) is 13.3. The Hall–Kier alpha value is -1.52. The Morgan fingerprint density at radius 3 is 2.50 bits per heavy atom. The Morgan fingerprint density at radius 1 is 1.35 bits per heavy atom. The number of nitrogens with zero attached hydrogens (tertiary/aromatic N) is 1. The van der Waals surface area contributed by atoms with Crippen molar-refractivity contribution >= 4 is 12.0 Å². The van der Waals surface area contributed by atoms with Crippen LogP contribution in [0.25, 0.3) is 0 Å². The second-order valence-electron chi connectivity index (χ2n) is 5.26. The largest absolute Gasteiger partial charge is 0.481 e. The maximum Gasteiger partial charge on any atom is 0.317 e. The second kappa shape index (κ2) is 10.3. The van der Waals surface area contributed by atoms with E-state index < -0.39 is 5.97 Å². The minimum Gasteiger partial charge on any atom is -0.481 e. The molecule has 0 saturated carbocycles. The van der Waals surface area contributed by atoms with E-state index in [0.717, 1.165) is 19.3 Å². The number of carboxylic acid groups (broad SMARTS) is 1. The number of nitrogens with one attached hydrogen (secondary N) is 1. The van der Waals surface area contributed by atoms with Gasteiger partial charge in [0, 0.05) is 19.1 Å². The highest BCUT2D eigenvalue weighted by atomic mass is 16.4. The predicted octanol–water partition coefficient (Wildman–Crippen LogP) is 2.87. The third-order valence-corrected chi connectivity index (χ3v) is 3.20. The minimum atomic E-state index is -0.762. The van der Waals surface area contributed by atoms with Gasteiger partial charge in [0.2, 0.25) is 0 Å². The quantitative estimate of drug-likeness (QED) is 0.606. The van der Waals surface area contributed by atoms with E-state index in [0.29, 0.717) is 19.5 Å². The van der Waals surface area contributed by atoms with E-state index in [2.05, 4.69) is 11.9 Å². The van der Waals surface area contributed by atoms with Crippen LogP contribution >= 0.6 is 0 Å². The second-order valence-corrected chi connectivity index (χ2v) is 5.26. The van der Waals surface area contributed by atoms with Gasteiger partial charge in [-0.1, -0.05) is 26.3 Å². The molecule has 2 N–H and O–H groups in total. The standard InChI is InChI=1S/C15H28N2O3/c1-5-10-17(11-6-2)15(20)16-13(4)9-7-8-12(3)14(18)19/h5,12-13H,1,6-11H2,2-4H3,(H,16,20)(H,18,19). The fraction of sp³-hybridized carbons (Fsp3) is 0.733. The first kappa shape index (κ1) is 18.5. The van der Waals surface area contributed by atoms with Crippen molar-refractivity contribution in [1.82, 2.24) is 10.2 Å². The van der Waals surface area contributed by atoms with Crippen molar-refractivity contribution in [3.8, 4) is 0 Å². The number of rotatable bonds is 10. The molecule has 0 spiro atoms. The third kappa shape index (κ3) is 7.81. The van der Waals surface area contributed by atoms with Gasteiger partial charge in [0.25, 0.3) is 0 Å². The average molecular weight is 284 g/mol. The number of urea groups is 1. The van der Waals surface area contributed by atoms with Crippen LogP contribution in [0.1, 0.15) is 46.5 Å². The number of carboxylic acids is 1. The van der Waals surface area contributed by atoms with Crippen molar-refractivity contribution in [2.24, 2.45) is 5.92 Å². The minimum absolute atomic E-state index is 0.0488. The van der Waals surface area contributed by atoms with Crippen molar-refractivity contribution < 1.29 is 14.7 Å². The number of hydrogen-bond acceptors (Lipinski definition) is 2. The molecule has 2 atom stereocenters. The maximum absolute atomic E-state index is 12.0. The van der Waals surface area contributed by atoms with Crippen molar-refractivity contribution in [2.75, 3.05) is 13.1 Å². The molecule has 20 heavy (non-hydrogen) atoms. The molecule has 0 bridgehead atoms. The van der Waals surface area contributed by atoms with Gasteiger partial charge in [-0.3, -0.25) is 4.79 Å². The van der Waals surface area contributed by atoms with E-state index in [4.69, 9.17) is 5.11 Å². The molecule has 116 valence electrons. The van der Waals surface area contributed by atoms with Gasteiger partial charge in [-0.15, -0.1) is 6.58 Å². The number of carbonyl (C=O) groups is 2. The third-order valence-electron chi connectivity index (χ3n) is 3.20. The van der Waals surface area contributed by atoms with Crippen LogP contribution < -0.4 is 5.32 Å². The van der Waals surface area contributed by atoms with Crippen LogP contribution in [0.5, 0.6) is 0 Å². The van der Waals surface area contributed by atoms with Crippen molar-refractivity contribution in [3.63, 3.8) is 0 Å². The molecule has 2 unspecified atom stereocenters. The first-order chi connectivity index (χ1) is 9.42. The summed E-state index contributed by atoms with van der Waals surface area (Å²) in [6.07, 6.45) is 4.85.